The maximum Gasteiger partial charge on any atom is 0.310 e. The van der Waals surface area contributed by atoms with Crippen LogP contribution in [-0.2, 0) is 15.1 Å². The molecule has 2 atom stereocenters. The SMILES string of the molecule is O=C(O)CC(C(=O)O)C1(c2ccccc2)C=CC=CN1. The van der Waals surface area contributed by atoms with Crippen LogP contribution < -0.4 is 5.32 Å². The van der Waals surface area contributed by atoms with E-state index in [1.165, 1.54) is 0 Å². The van der Waals surface area contributed by atoms with Gasteiger partial charge in [-0.1, -0.05) is 42.5 Å². The first-order valence-electron chi connectivity index (χ1n) is 6.18. The Hall–Kier alpha value is -2.56. The van der Waals surface area contributed by atoms with Gasteiger partial charge in [0, 0.05) is 0 Å². The molecule has 2 rings (SSSR count). The predicted molar refractivity (Wildman–Crippen MR) is 72.9 cm³/mol. The van der Waals surface area contributed by atoms with Crippen molar-refractivity contribution < 1.29 is 19.8 Å². The smallest absolute Gasteiger partial charge is 0.310 e. The number of carboxylic acid groups (broad SMARTS) is 2. The van der Waals surface area contributed by atoms with Crippen LogP contribution in [0.2, 0.25) is 0 Å². The molecule has 1 aliphatic rings. The number of hydrogen-bond acceptors (Lipinski definition) is 3. The van der Waals surface area contributed by atoms with Gasteiger partial charge < -0.3 is 15.5 Å². The van der Waals surface area contributed by atoms with Gasteiger partial charge in [-0.15, -0.1) is 0 Å². The van der Waals surface area contributed by atoms with Gasteiger partial charge in [0.25, 0.3) is 0 Å². The molecule has 0 spiro atoms. The van der Waals surface area contributed by atoms with E-state index in [1.807, 2.05) is 6.07 Å². The summed E-state index contributed by atoms with van der Waals surface area (Å²) in [7, 11) is 0. The second kappa shape index (κ2) is 5.61. The van der Waals surface area contributed by atoms with E-state index < -0.39 is 29.8 Å². The largest absolute Gasteiger partial charge is 0.481 e. The van der Waals surface area contributed by atoms with Crippen LogP contribution in [0.1, 0.15) is 12.0 Å². The van der Waals surface area contributed by atoms with Gasteiger partial charge in [0.1, 0.15) is 0 Å². The fraction of sp³-hybridized carbons (Fsp3) is 0.200. The molecule has 0 amide bonds. The Morgan fingerprint density at radius 3 is 2.35 bits per heavy atom. The fourth-order valence-electron chi connectivity index (χ4n) is 2.43. The summed E-state index contributed by atoms with van der Waals surface area (Å²) >= 11 is 0. The third kappa shape index (κ3) is 2.56. The molecule has 1 aromatic rings. The monoisotopic (exact) mass is 273 g/mol. The summed E-state index contributed by atoms with van der Waals surface area (Å²) in [5, 5.41) is 21.5. The first-order valence-corrected chi connectivity index (χ1v) is 6.18. The summed E-state index contributed by atoms with van der Waals surface area (Å²) in [4.78, 5) is 22.5. The minimum Gasteiger partial charge on any atom is -0.481 e. The van der Waals surface area contributed by atoms with E-state index in [1.54, 1.807) is 48.7 Å². The molecule has 104 valence electrons. The average molecular weight is 273 g/mol. The molecule has 5 nitrogen and oxygen atoms in total. The molecular formula is C15H15NO4. The van der Waals surface area contributed by atoms with Crippen LogP contribution in [0.3, 0.4) is 0 Å². The van der Waals surface area contributed by atoms with Crippen molar-refractivity contribution in [2.75, 3.05) is 0 Å². The van der Waals surface area contributed by atoms with Crippen LogP contribution in [0.5, 0.6) is 0 Å². The van der Waals surface area contributed by atoms with Crippen LogP contribution in [0.15, 0.2) is 54.8 Å². The van der Waals surface area contributed by atoms with Gasteiger partial charge in [-0.25, -0.2) is 0 Å². The van der Waals surface area contributed by atoms with E-state index in [0.717, 1.165) is 0 Å². The zero-order valence-electron chi connectivity index (χ0n) is 10.7. The average Bonchev–Trinajstić information content (AvgIpc) is 2.46. The number of rotatable bonds is 5. The van der Waals surface area contributed by atoms with E-state index in [0.29, 0.717) is 5.56 Å². The third-order valence-corrected chi connectivity index (χ3v) is 3.37. The lowest BCUT2D eigenvalue weighted by atomic mass is 9.75. The van der Waals surface area contributed by atoms with Gasteiger partial charge in [0.15, 0.2) is 0 Å². The number of benzene rings is 1. The van der Waals surface area contributed by atoms with E-state index >= 15 is 0 Å². The molecule has 5 heteroatoms. The number of carbonyl (C=O) groups is 2. The zero-order chi connectivity index (χ0) is 14.6. The van der Waals surface area contributed by atoms with Crippen LogP contribution in [0.25, 0.3) is 0 Å². The Bertz CT molecular complexity index is 564. The van der Waals surface area contributed by atoms with Crippen molar-refractivity contribution in [3.8, 4) is 0 Å². The van der Waals surface area contributed by atoms with Gasteiger partial charge >= 0.3 is 11.9 Å². The van der Waals surface area contributed by atoms with Crippen molar-refractivity contribution in [1.82, 2.24) is 5.32 Å². The van der Waals surface area contributed by atoms with E-state index in [9.17, 15) is 14.7 Å². The number of carboxylic acids is 2. The lowest BCUT2D eigenvalue weighted by Crippen LogP contribution is -2.49. The highest BCUT2D eigenvalue weighted by Gasteiger charge is 2.43. The Balaban J connectivity index is 2.51. The first-order chi connectivity index (χ1) is 9.56. The van der Waals surface area contributed by atoms with Crippen LogP contribution in [0, 0.1) is 5.92 Å². The molecule has 0 aliphatic carbocycles. The van der Waals surface area contributed by atoms with Crippen LogP contribution in [0.4, 0.5) is 0 Å². The Morgan fingerprint density at radius 2 is 1.85 bits per heavy atom. The Morgan fingerprint density at radius 1 is 1.15 bits per heavy atom. The lowest BCUT2D eigenvalue weighted by Gasteiger charge is -2.38. The van der Waals surface area contributed by atoms with Gasteiger partial charge in [-0.3, -0.25) is 9.59 Å². The molecule has 0 fully saturated rings. The van der Waals surface area contributed by atoms with Gasteiger partial charge in [-0.2, -0.15) is 0 Å². The lowest BCUT2D eigenvalue weighted by molar-refractivity contribution is -0.150. The minimum absolute atomic E-state index is 0.463. The molecule has 0 saturated carbocycles. The predicted octanol–water partition coefficient (Wildman–Crippen LogP) is 1.73. The summed E-state index contributed by atoms with van der Waals surface area (Å²) in [5.41, 5.74) is -0.338. The maximum atomic E-state index is 11.6. The van der Waals surface area contributed by atoms with Crippen molar-refractivity contribution in [2.45, 2.75) is 12.0 Å². The fourth-order valence-corrected chi connectivity index (χ4v) is 2.43. The molecule has 1 aliphatic heterocycles. The summed E-state index contributed by atoms with van der Waals surface area (Å²) in [6.45, 7) is 0. The van der Waals surface area contributed by atoms with Crippen LogP contribution >= 0.6 is 0 Å². The molecule has 0 radical (unpaired) electrons. The highest BCUT2D eigenvalue weighted by atomic mass is 16.4. The summed E-state index contributed by atoms with van der Waals surface area (Å²) in [6, 6.07) is 8.99. The van der Waals surface area contributed by atoms with Crippen molar-refractivity contribution in [3.63, 3.8) is 0 Å². The molecule has 1 heterocycles. The van der Waals surface area contributed by atoms with E-state index in [4.69, 9.17) is 5.11 Å². The molecule has 0 saturated heterocycles. The number of hydrogen-bond donors (Lipinski definition) is 3. The van der Waals surface area contributed by atoms with Gasteiger partial charge in [0.05, 0.1) is 17.9 Å². The minimum atomic E-state index is -1.15. The molecule has 2 unspecified atom stereocenters. The Labute approximate surface area is 116 Å². The van der Waals surface area contributed by atoms with Crippen molar-refractivity contribution in [2.24, 2.45) is 5.92 Å². The third-order valence-electron chi connectivity index (χ3n) is 3.37. The second-order valence-corrected chi connectivity index (χ2v) is 4.59. The molecular weight excluding hydrogens is 258 g/mol. The summed E-state index contributed by atoms with van der Waals surface area (Å²) in [6.07, 6.45) is 6.33. The van der Waals surface area contributed by atoms with E-state index in [-0.39, 0.29) is 0 Å². The number of dihydropyridines is 1. The Kier molecular flexibility index (Phi) is 3.89. The highest BCUT2D eigenvalue weighted by Crippen LogP contribution is 2.35. The second-order valence-electron chi connectivity index (χ2n) is 4.59. The number of allylic oxidation sites excluding steroid dienone is 2. The van der Waals surface area contributed by atoms with Gasteiger partial charge in [-0.05, 0) is 17.8 Å². The molecule has 0 bridgehead atoms. The first kappa shape index (κ1) is 13.9. The normalized spacial score (nSPS) is 22.0. The van der Waals surface area contributed by atoms with E-state index in [2.05, 4.69) is 5.32 Å². The van der Waals surface area contributed by atoms with Crippen molar-refractivity contribution in [3.05, 3.63) is 60.3 Å². The van der Waals surface area contributed by atoms with Gasteiger partial charge in [0.2, 0.25) is 0 Å². The molecule has 20 heavy (non-hydrogen) atoms. The zero-order valence-corrected chi connectivity index (χ0v) is 10.7. The molecule has 1 aromatic carbocycles. The molecule has 3 N–H and O–H groups in total. The number of aliphatic carboxylic acids is 2. The molecule has 0 aromatic heterocycles. The van der Waals surface area contributed by atoms with Crippen molar-refractivity contribution >= 4 is 11.9 Å². The maximum absolute atomic E-state index is 11.6. The van der Waals surface area contributed by atoms with Crippen LogP contribution in [-0.4, -0.2) is 22.2 Å². The topological polar surface area (TPSA) is 86.6 Å². The quantitative estimate of drug-likeness (QED) is 0.760. The summed E-state index contributed by atoms with van der Waals surface area (Å²) < 4.78 is 0. The number of nitrogens with one attached hydrogen (secondary N) is 1. The summed E-state index contributed by atoms with van der Waals surface area (Å²) in [5.74, 6) is -3.40. The standard InChI is InChI=1S/C15H15NO4/c17-13(18)10-12(14(19)20)15(8-4-5-9-16-15)11-6-2-1-3-7-11/h1-9,12,16H,10H2,(H,17,18)(H,19,20). The van der Waals surface area contributed by atoms with Crippen molar-refractivity contribution in [1.29, 1.82) is 0 Å². The highest BCUT2D eigenvalue weighted by molar-refractivity contribution is 5.80.